The molecule has 164 valence electrons. The molecule has 1 aromatic heterocycles. The van der Waals surface area contributed by atoms with Crippen LogP contribution in [0, 0.1) is 6.92 Å². The molecule has 1 unspecified atom stereocenters. The number of pyridine rings is 1. The predicted octanol–water partition coefficient (Wildman–Crippen LogP) is 4.74. The van der Waals surface area contributed by atoms with Crippen molar-refractivity contribution in [1.82, 2.24) is 9.88 Å². The van der Waals surface area contributed by atoms with Crippen LogP contribution in [0.5, 0.6) is 5.75 Å². The Kier molecular flexibility index (Phi) is 6.78. The number of carbonyl (C=O) groups is 2. The molecule has 1 aliphatic rings. The zero-order valence-corrected chi connectivity index (χ0v) is 18.8. The van der Waals surface area contributed by atoms with Gasteiger partial charge < -0.3 is 14.7 Å². The number of aromatic nitrogens is 1. The molecule has 6 nitrogen and oxygen atoms in total. The number of ether oxygens (including phenoxy) is 1. The van der Waals surface area contributed by atoms with E-state index in [0.29, 0.717) is 17.8 Å². The minimum Gasteiger partial charge on any atom is -0.507 e. The lowest BCUT2D eigenvalue weighted by molar-refractivity contribution is -0.140. The lowest BCUT2D eigenvalue weighted by Crippen LogP contribution is -2.31. The third-order valence-electron chi connectivity index (χ3n) is 5.71. The van der Waals surface area contributed by atoms with E-state index in [9.17, 15) is 14.7 Å². The van der Waals surface area contributed by atoms with Crippen LogP contribution in [-0.2, 0) is 9.59 Å². The van der Waals surface area contributed by atoms with Crippen LogP contribution in [-0.4, -0.2) is 40.3 Å². The van der Waals surface area contributed by atoms with Crippen molar-refractivity contribution in [3.05, 3.63) is 64.5 Å². The third kappa shape index (κ3) is 4.20. The molecule has 1 atom stereocenters. The second kappa shape index (κ2) is 9.33. The number of amides is 1. The molecule has 2 aromatic rings. The summed E-state index contributed by atoms with van der Waals surface area (Å²) in [5, 5.41) is 11.3. The molecule has 0 radical (unpaired) electrons. The molecule has 0 saturated carbocycles. The molecule has 1 aromatic carbocycles. The van der Waals surface area contributed by atoms with E-state index in [4.69, 9.17) is 4.74 Å². The number of aryl methyl sites for hydroxylation is 1. The number of Topliss-reactive ketones (excluding diaryl/α,β-unsaturated/α-hetero) is 1. The number of aliphatic hydroxyl groups is 1. The molecule has 0 bridgehead atoms. The van der Waals surface area contributed by atoms with Gasteiger partial charge >= 0.3 is 0 Å². The molecule has 31 heavy (non-hydrogen) atoms. The van der Waals surface area contributed by atoms with Gasteiger partial charge in [0.05, 0.1) is 18.4 Å². The smallest absolute Gasteiger partial charge is 0.295 e. The van der Waals surface area contributed by atoms with Crippen LogP contribution in [0.1, 0.15) is 68.0 Å². The summed E-state index contributed by atoms with van der Waals surface area (Å²) < 4.78 is 5.50. The molecule has 0 aliphatic carbocycles. The fourth-order valence-electron chi connectivity index (χ4n) is 4.01. The van der Waals surface area contributed by atoms with Gasteiger partial charge in [0.2, 0.25) is 0 Å². The normalized spacial score (nSPS) is 18.1. The SMILES string of the molecule is CCCCN1C(=O)C(=O)/C(=C(/O)c2cc(C(C)C)c(OC)cc2C)C1c1ccccn1. The van der Waals surface area contributed by atoms with E-state index in [0.717, 1.165) is 29.7 Å². The summed E-state index contributed by atoms with van der Waals surface area (Å²) in [6.07, 6.45) is 3.27. The van der Waals surface area contributed by atoms with Crippen molar-refractivity contribution in [3.8, 4) is 5.75 Å². The second-order valence-electron chi connectivity index (χ2n) is 8.16. The number of methoxy groups -OCH3 is 1. The average Bonchev–Trinajstić information content (AvgIpc) is 3.02. The highest BCUT2D eigenvalue weighted by molar-refractivity contribution is 6.46. The van der Waals surface area contributed by atoms with Gasteiger partial charge in [0.1, 0.15) is 17.6 Å². The molecule has 1 fully saturated rings. The first kappa shape index (κ1) is 22.5. The van der Waals surface area contributed by atoms with Gasteiger partial charge in [0.25, 0.3) is 11.7 Å². The van der Waals surface area contributed by atoms with Crippen molar-refractivity contribution >= 4 is 17.4 Å². The first-order valence-corrected chi connectivity index (χ1v) is 10.7. The van der Waals surface area contributed by atoms with Gasteiger partial charge in [-0.2, -0.15) is 0 Å². The maximum absolute atomic E-state index is 13.1. The zero-order chi connectivity index (χ0) is 22.7. The Morgan fingerprint density at radius 3 is 2.58 bits per heavy atom. The Morgan fingerprint density at radius 1 is 1.26 bits per heavy atom. The van der Waals surface area contributed by atoms with Crippen molar-refractivity contribution in [3.63, 3.8) is 0 Å². The third-order valence-corrected chi connectivity index (χ3v) is 5.71. The van der Waals surface area contributed by atoms with E-state index in [1.54, 1.807) is 25.4 Å². The number of aliphatic hydroxyl groups excluding tert-OH is 1. The summed E-state index contributed by atoms with van der Waals surface area (Å²) in [6, 6.07) is 8.37. The summed E-state index contributed by atoms with van der Waals surface area (Å²) in [5.41, 5.74) is 2.86. The fraction of sp³-hybridized carbons (Fsp3) is 0.400. The number of likely N-dealkylation sites (tertiary alicyclic amines) is 1. The average molecular weight is 423 g/mol. The molecule has 6 heteroatoms. The lowest BCUT2D eigenvalue weighted by atomic mass is 9.92. The van der Waals surface area contributed by atoms with Gasteiger partial charge in [-0.3, -0.25) is 14.6 Å². The van der Waals surface area contributed by atoms with E-state index in [1.807, 2.05) is 45.9 Å². The van der Waals surface area contributed by atoms with Crippen molar-refractivity contribution in [2.24, 2.45) is 0 Å². The van der Waals surface area contributed by atoms with Crippen LogP contribution < -0.4 is 4.74 Å². The topological polar surface area (TPSA) is 79.7 Å². The summed E-state index contributed by atoms with van der Waals surface area (Å²) in [5.74, 6) is -0.559. The Balaban J connectivity index is 2.23. The van der Waals surface area contributed by atoms with E-state index in [2.05, 4.69) is 4.98 Å². The molecule has 1 amide bonds. The highest BCUT2D eigenvalue weighted by Gasteiger charge is 2.46. The number of nitrogens with zero attached hydrogens (tertiary/aromatic N) is 2. The van der Waals surface area contributed by atoms with Crippen molar-refractivity contribution < 1.29 is 19.4 Å². The molecule has 1 N–H and O–H groups in total. The summed E-state index contributed by atoms with van der Waals surface area (Å²) in [6.45, 7) is 8.38. The minimum absolute atomic E-state index is 0.0859. The molecular weight excluding hydrogens is 392 g/mol. The first-order valence-electron chi connectivity index (χ1n) is 10.7. The van der Waals surface area contributed by atoms with E-state index >= 15 is 0 Å². The van der Waals surface area contributed by atoms with E-state index in [-0.39, 0.29) is 17.3 Å². The van der Waals surface area contributed by atoms with Crippen LogP contribution in [0.25, 0.3) is 5.76 Å². The number of unbranched alkanes of at least 4 members (excludes halogenated alkanes) is 1. The Bertz CT molecular complexity index is 1010. The monoisotopic (exact) mass is 422 g/mol. The zero-order valence-electron chi connectivity index (χ0n) is 18.8. The number of ketones is 1. The lowest BCUT2D eigenvalue weighted by Gasteiger charge is -2.24. The van der Waals surface area contributed by atoms with Gasteiger partial charge in [-0.25, -0.2) is 0 Å². The van der Waals surface area contributed by atoms with Gasteiger partial charge in [-0.15, -0.1) is 0 Å². The van der Waals surface area contributed by atoms with Gasteiger partial charge in [-0.05, 0) is 54.7 Å². The van der Waals surface area contributed by atoms with Crippen LogP contribution >= 0.6 is 0 Å². The Labute approximate surface area is 183 Å². The van der Waals surface area contributed by atoms with Crippen molar-refractivity contribution in [2.75, 3.05) is 13.7 Å². The largest absolute Gasteiger partial charge is 0.507 e. The Hall–Kier alpha value is -3.15. The Morgan fingerprint density at radius 2 is 2.00 bits per heavy atom. The van der Waals surface area contributed by atoms with Crippen molar-refractivity contribution in [2.45, 2.75) is 52.5 Å². The molecule has 2 heterocycles. The summed E-state index contributed by atoms with van der Waals surface area (Å²) >= 11 is 0. The van der Waals surface area contributed by atoms with Gasteiger partial charge in [-0.1, -0.05) is 33.3 Å². The number of rotatable bonds is 7. The highest BCUT2D eigenvalue weighted by atomic mass is 16.5. The van der Waals surface area contributed by atoms with Crippen LogP contribution in [0.15, 0.2) is 42.1 Å². The van der Waals surface area contributed by atoms with Crippen LogP contribution in [0.4, 0.5) is 0 Å². The maximum Gasteiger partial charge on any atom is 0.295 e. The highest BCUT2D eigenvalue weighted by Crippen LogP contribution is 2.40. The van der Waals surface area contributed by atoms with Crippen molar-refractivity contribution in [1.29, 1.82) is 0 Å². The van der Waals surface area contributed by atoms with Gasteiger partial charge in [0.15, 0.2) is 0 Å². The second-order valence-corrected chi connectivity index (χ2v) is 8.16. The quantitative estimate of drug-likeness (QED) is 0.396. The van der Waals surface area contributed by atoms with Gasteiger partial charge in [0, 0.05) is 18.3 Å². The first-order chi connectivity index (χ1) is 14.8. The van der Waals surface area contributed by atoms with Crippen LogP contribution in [0.2, 0.25) is 0 Å². The maximum atomic E-state index is 13.1. The minimum atomic E-state index is -0.711. The summed E-state index contributed by atoms with van der Waals surface area (Å²) in [7, 11) is 1.61. The predicted molar refractivity (Wildman–Crippen MR) is 120 cm³/mol. The molecule has 1 saturated heterocycles. The number of benzene rings is 1. The molecular formula is C25H30N2O4. The van der Waals surface area contributed by atoms with Crippen LogP contribution in [0.3, 0.4) is 0 Å². The summed E-state index contributed by atoms with van der Waals surface area (Å²) in [4.78, 5) is 31.9. The number of hydrogen-bond acceptors (Lipinski definition) is 5. The number of hydrogen-bond donors (Lipinski definition) is 1. The fourth-order valence-corrected chi connectivity index (χ4v) is 4.01. The standard InChI is InChI=1S/C25H30N2O4/c1-6-7-12-27-22(19-10-8-9-11-26-19)21(24(29)25(27)30)23(28)18-14-17(15(2)3)20(31-5)13-16(18)4/h8-11,13-15,22,28H,6-7,12H2,1-5H3/b23-21+. The number of carbonyl (C=O) groups excluding carboxylic acids is 2. The van der Waals surface area contributed by atoms with E-state index < -0.39 is 17.7 Å². The van der Waals surface area contributed by atoms with E-state index in [1.165, 1.54) is 4.90 Å². The molecule has 0 spiro atoms. The molecule has 3 rings (SSSR count). The molecule has 1 aliphatic heterocycles.